The van der Waals surface area contributed by atoms with E-state index >= 15 is 0 Å². The molecule has 18 heavy (non-hydrogen) atoms. The number of aromatic nitrogens is 1. The van der Waals surface area contributed by atoms with E-state index in [9.17, 15) is 9.59 Å². The molecule has 1 saturated heterocycles. The van der Waals surface area contributed by atoms with Crippen molar-refractivity contribution < 1.29 is 9.53 Å². The molecule has 1 aliphatic rings. The Morgan fingerprint density at radius 2 is 2.11 bits per heavy atom. The topological polar surface area (TPSA) is 77.6 Å². The van der Waals surface area contributed by atoms with E-state index in [0.717, 1.165) is 6.42 Å². The quantitative estimate of drug-likeness (QED) is 0.795. The molecule has 98 valence electrons. The van der Waals surface area contributed by atoms with Gasteiger partial charge in [0, 0.05) is 37.6 Å². The number of aryl methyl sites for hydroxylation is 1. The molecule has 2 rings (SSSR count). The summed E-state index contributed by atoms with van der Waals surface area (Å²) < 4.78 is 6.62. The van der Waals surface area contributed by atoms with Crippen LogP contribution >= 0.6 is 0 Å². The normalized spacial score (nSPS) is 16.0. The lowest BCUT2D eigenvalue weighted by Gasteiger charge is -2.26. The van der Waals surface area contributed by atoms with Gasteiger partial charge < -0.3 is 19.9 Å². The van der Waals surface area contributed by atoms with Crippen molar-refractivity contribution in [2.24, 2.45) is 0 Å². The van der Waals surface area contributed by atoms with Gasteiger partial charge in [-0.1, -0.05) is 0 Å². The Hall–Kier alpha value is -1.82. The molecule has 6 heteroatoms. The van der Waals surface area contributed by atoms with Crippen LogP contribution < -0.4 is 11.3 Å². The second kappa shape index (κ2) is 5.68. The minimum Gasteiger partial charge on any atom is -0.398 e. The summed E-state index contributed by atoms with van der Waals surface area (Å²) in [6.45, 7) is 2.59. The molecule has 0 saturated carbocycles. The number of ether oxygens (including phenoxy) is 1. The van der Waals surface area contributed by atoms with E-state index in [1.54, 1.807) is 21.7 Å². The van der Waals surface area contributed by atoms with Crippen molar-refractivity contribution in [2.45, 2.75) is 13.0 Å². The molecule has 2 heterocycles. The highest BCUT2D eigenvalue weighted by molar-refractivity contribution is 5.77. The van der Waals surface area contributed by atoms with Gasteiger partial charge in [-0.3, -0.25) is 9.59 Å². The Morgan fingerprint density at radius 3 is 2.89 bits per heavy atom. The third-order valence-electron chi connectivity index (χ3n) is 2.92. The minimum absolute atomic E-state index is 0.0150. The van der Waals surface area contributed by atoms with E-state index in [0.29, 0.717) is 31.9 Å². The molecule has 1 aromatic rings. The van der Waals surface area contributed by atoms with Crippen LogP contribution in [0.1, 0.15) is 6.42 Å². The minimum atomic E-state index is -0.0718. The van der Waals surface area contributed by atoms with Crippen LogP contribution in [0.5, 0.6) is 0 Å². The second-order valence-electron chi connectivity index (χ2n) is 4.28. The van der Waals surface area contributed by atoms with Gasteiger partial charge in [-0.25, -0.2) is 0 Å². The number of nitrogens with zero attached hydrogens (tertiary/aromatic N) is 2. The standard InChI is InChI=1S/C12H17N3O3/c13-10-2-3-11(16)15(8-10)5-1-4-14-6-7-18-9-12(14)17/h2-3,8H,1,4-7,9,13H2. The molecular weight excluding hydrogens is 234 g/mol. The van der Waals surface area contributed by atoms with E-state index in [1.165, 1.54) is 6.07 Å². The van der Waals surface area contributed by atoms with Crippen LogP contribution in [0.15, 0.2) is 23.1 Å². The zero-order chi connectivity index (χ0) is 13.0. The Labute approximate surface area is 105 Å². The Kier molecular flexibility index (Phi) is 3.99. The van der Waals surface area contributed by atoms with Crippen LogP contribution in [0.25, 0.3) is 0 Å². The number of hydrogen-bond donors (Lipinski definition) is 1. The number of nitrogen functional groups attached to an aromatic ring is 1. The lowest BCUT2D eigenvalue weighted by molar-refractivity contribution is -0.142. The summed E-state index contributed by atoms with van der Waals surface area (Å²) in [4.78, 5) is 24.8. The van der Waals surface area contributed by atoms with Gasteiger partial charge in [-0.2, -0.15) is 0 Å². The number of rotatable bonds is 4. The monoisotopic (exact) mass is 251 g/mol. The average molecular weight is 251 g/mol. The summed E-state index contributed by atoms with van der Waals surface area (Å²) in [6.07, 6.45) is 2.36. The first-order valence-electron chi connectivity index (χ1n) is 5.98. The molecule has 0 aliphatic carbocycles. The lowest BCUT2D eigenvalue weighted by atomic mass is 10.3. The number of pyridine rings is 1. The molecule has 1 aromatic heterocycles. The Balaban J connectivity index is 1.86. The Morgan fingerprint density at radius 1 is 1.28 bits per heavy atom. The highest BCUT2D eigenvalue weighted by atomic mass is 16.5. The largest absolute Gasteiger partial charge is 0.398 e. The van der Waals surface area contributed by atoms with Crippen LogP contribution in [0.3, 0.4) is 0 Å². The van der Waals surface area contributed by atoms with Crippen molar-refractivity contribution in [1.82, 2.24) is 9.47 Å². The zero-order valence-electron chi connectivity index (χ0n) is 10.2. The molecule has 0 unspecified atom stereocenters. The molecule has 0 atom stereocenters. The third-order valence-corrected chi connectivity index (χ3v) is 2.92. The fraction of sp³-hybridized carbons (Fsp3) is 0.500. The van der Waals surface area contributed by atoms with Gasteiger partial charge in [-0.15, -0.1) is 0 Å². The van der Waals surface area contributed by atoms with Crippen LogP contribution in [-0.4, -0.2) is 41.7 Å². The number of morpholine rings is 1. The van der Waals surface area contributed by atoms with Crippen LogP contribution in [-0.2, 0) is 16.1 Å². The highest BCUT2D eigenvalue weighted by Crippen LogP contribution is 2.02. The smallest absolute Gasteiger partial charge is 0.250 e. The first kappa shape index (κ1) is 12.6. The molecule has 6 nitrogen and oxygen atoms in total. The summed E-state index contributed by atoms with van der Waals surface area (Å²) >= 11 is 0. The summed E-state index contributed by atoms with van der Waals surface area (Å²) in [5.41, 5.74) is 6.12. The fourth-order valence-electron chi connectivity index (χ4n) is 1.94. The number of nitrogens with two attached hydrogens (primary N) is 1. The maximum Gasteiger partial charge on any atom is 0.250 e. The van der Waals surface area contributed by atoms with E-state index in [2.05, 4.69) is 0 Å². The number of amides is 1. The second-order valence-corrected chi connectivity index (χ2v) is 4.28. The molecule has 0 radical (unpaired) electrons. The van der Waals surface area contributed by atoms with Crippen molar-refractivity contribution >= 4 is 11.6 Å². The van der Waals surface area contributed by atoms with Crippen molar-refractivity contribution in [2.75, 3.05) is 32.0 Å². The van der Waals surface area contributed by atoms with Gasteiger partial charge in [0.25, 0.3) is 5.56 Å². The molecule has 2 N–H and O–H groups in total. The zero-order valence-corrected chi connectivity index (χ0v) is 10.2. The maximum absolute atomic E-state index is 11.5. The number of anilines is 1. The SMILES string of the molecule is Nc1ccc(=O)n(CCCN2CCOCC2=O)c1. The molecule has 0 aromatic carbocycles. The number of carbonyl (C=O) groups is 1. The van der Waals surface area contributed by atoms with Crippen molar-refractivity contribution in [3.8, 4) is 0 Å². The summed E-state index contributed by atoms with van der Waals surface area (Å²) in [6, 6.07) is 3.04. The lowest BCUT2D eigenvalue weighted by Crippen LogP contribution is -2.42. The average Bonchev–Trinajstić information content (AvgIpc) is 2.36. The van der Waals surface area contributed by atoms with Crippen molar-refractivity contribution in [3.05, 3.63) is 28.7 Å². The summed E-state index contributed by atoms with van der Waals surface area (Å²) in [7, 11) is 0. The van der Waals surface area contributed by atoms with Gasteiger partial charge in [-0.05, 0) is 12.5 Å². The van der Waals surface area contributed by atoms with Gasteiger partial charge >= 0.3 is 0 Å². The number of carbonyl (C=O) groups excluding carboxylic acids is 1. The van der Waals surface area contributed by atoms with E-state index in [1.807, 2.05) is 0 Å². The molecule has 1 aliphatic heterocycles. The number of hydrogen-bond acceptors (Lipinski definition) is 4. The summed E-state index contributed by atoms with van der Waals surface area (Å²) in [5, 5.41) is 0. The highest BCUT2D eigenvalue weighted by Gasteiger charge is 2.17. The van der Waals surface area contributed by atoms with Crippen LogP contribution in [0, 0.1) is 0 Å². The Bertz CT molecular complexity index is 484. The van der Waals surface area contributed by atoms with E-state index < -0.39 is 0 Å². The molecule has 0 bridgehead atoms. The van der Waals surface area contributed by atoms with Crippen molar-refractivity contribution in [1.29, 1.82) is 0 Å². The van der Waals surface area contributed by atoms with Gasteiger partial charge in [0.05, 0.1) is 6.61 Å². The van der Waals surface area contributed by atoms with Crippen LogP contribution in [0.4, 0.5) is 5.69 Å². The first-order chi connectivity index (χ1) is 8.66. The summed E-state index contributed by atoms with van der Waals surface area (Å²) in [5.74, 6) is 0.0150. The predicted molar refractivity (Wildman–Crippen MR) is 67.1 cm³/mol. The maximum atomic E-state index is 11.5. The van der Waals surface area contributed by atoms with Crippen molar-refractivity contribution in [3.63, 3.8) is 0 Å². The molecule has 1 fully saturated rings. The molecular formula is C12H17N3O3. The van der Waals surface area contributed by atoms with Gasteiger partial charge in [0.2, 0.25) is 5.91 Å². The van der Waals surface area contributed by atoms with Gasteiger partial charge in [0.1, 0.15) is 6.61 Å². The third kappa shape index (κ3) is 3.10. The van der Waals surface area contributed by atoms with E-state index in [4.69, 9.17) is 10.5 Å². The predicted octanol–water partition coefficient (Wildman–Crippen LogP) is -0.321. The van der Waals surface area contributed by atoms with Crippen LogP contribution in [0.2, 0.25) is 0 Å². The molecule has 1 amide bonds. The van der Waals surface area contributed by atoms with E-state index in [-0.39, 0.29) is 18.1 Å². The molecule has 0 spiro atoms. The van der Waals surface area contributed by atoms with Gasteiger partial charge in [0.15, 0.2) is 0 Å². The first-order valence-corrected chi connectivity index (χ1v) is 5.98. The fourth-order valence-corrected chi connectivity index (χ4v) is 1.94.